The first-order chi connectivity index (χ1) is 11.9. The van der Waals surface area contributed by atoms with E-state index in [1.165, 1.54) is 51.4 Å². The van der Waals surface area contributed by atoms with Crippen molar-refractivity contribution >= 4 is 0 Å². The number of fused-ring (bicyclic) bond motifs is 3. The lowest BCUT2D eigenvalue weighted by molar-refractivity contribution is 0.0958. The third-order valence-corrected chi connectivity index (χ3v) is 8.48. The minimum absolute atomic E-state index is 0.821. The Balaban J connectivity index is 1.76. The Bertz CT molecular complexity index is 470. The predicted molar refractivity (Wildman–Crippen MR) is 111 cm³/mol. The Morgan fingerprint density at radius 1 is 0.920 bits per heavy atom. The molecule has 0 radical (unpaired) electrons. The fourth-order valence-corrected chi connectivity index (χ4v) is 7.32. The lowest BCUT2D eigenvalue weighted by Gasteiger charge is -2.47. The van der Waals surface area contributed by atoms with Crippen molar-refractivity contribution in [2.45, 2.75) is 99.3 Å². The molecule has 25 heavy (non-hydrogen) atoms. The van der Waals surface area contributed by atoms with E-state index in [4.69, 9.17) is 0 Å². The van der Waals surface area contributed by atoms with Gasteiger partial charge in [-0.2, -0.15) is 0 Å². The van der Waals surface area contributed by atoms with Crippen LogP contribution in [0.3, 0.4) is 0 Å². The zero-order chi connectivity index (χ0) is 18.1. The standard InChI is InChI=1S/C25H44/c1-7-20(14-16(2)3)15-18(5)23-13-12-22-11-10-21-9-8-17(4)24(21)25(22)19(23)6/h16-18,20-22,24-25H,7-15H2,1-6H3. The van der Waals surface area contributed by atoms with Gasteiger partial charge in [-0.15, -0.1) is 0 Å². The zero-order valence-corrected chi connectivity index (χ0v) is 18.0. The molecule has 144 valence electrons. The Hall–Kier alpha value is -0.260. The summed E-state index contributed by atoms with van der Waals surface area (Å²) < 4.78 is 0. The maximum Gasteiger partial charge on any atom is -0.0141 e. The van der Waals surface area contributed by atoms with Gasteiger partial charge in [0.15, 0.2) is 0 Å². The van der Waals surface area contributed by atoms with E-state index < -0.39 is 0 Å². The molecule has 0 heteroatoms. The van der Waals surface area contributed by atoms with Crippen molar-refractivity contribution in [2.24, 2.45) is 47.3 Å². The van der Waals surface area contributed by atoms with Crippen LogP contribution in [-0.2, 0) is 0 Å². The second-order valence-corrected chi connectivity index (χ2v) is 10.5. The van der Waals surface area contributed by atoms with Crippen molar-refractivity contribution in [2.75, 3.05) is 0 Å². The number of hydrogen-bond donors (Lipinski definition) is 0. The highest BCUT2D eigenvalue weighted by molar-refractivity contribution is 5.24. The van der Waals surface area contributed by atoms with E-state index >= 15 is 0 Å². The van der Waals surface area contributed by atoms with Crippen LogP contribution >= 0.6 is 0 Å². The van der Waals surface area contributed by atoms with Crippen LogP contribution in [0.1, 0.15) is 99.3 Å². The molecular weight excluding hydrogens is 300 g/mol. The van der Waals surface area contributed by atoms with Crippen molar-refractivity contribution in [1.29, 1.82) is 0 Å². The van der Waals surface area contributed by atoms with Crippen LogP contribution in [0.15, 0.2) is 11.1 Å². The summed E-state index contributed by atoms with van der Waals surface area (Å²) in [6, 6.07) is 0. The van der Waals surface area contributed by atoms with Gasteiger partial charge in [0.2, 0.25) is 0 Å². The molecule has 3 aliphatic rings. The molecule has 2 saturated carbocycles. The van der Waals surface area contributed by atoms with E-state index in [-0.39, 0.29) is 0 Å². The SMILES string of the molecule is CCC(CC(C)C)CC(C)C1=C(C)C2C(CC1)CCC1CCC(C)C12. The molecule has 0 bridgehead atoms. The first kappa shape index (κ1) is 19.5. The van der Waals surface area contributed by atoms with Gasteiger partial charge in [-0.05, 0) is 99.2 Å². The largest absolute Gasteiger partial charge is 0.0702 e. The molecule has 3 rings (SSSR count). The van der Waals surface area contributed by atoms with E-state index in [2.05, 4.69) is 41.5 Å². The minimum Gasteiger partial charge on any atom is -0.0702 e. The molecule has 7 unspecified atom stereocenters. The van der Waals surface area contributed by atoms with Crippen molar-refractivity contribution in [3.8, 4) is 0 Å². The Morgan fingerprint density at radius 2 is 1.60 bits per heavy atom. The third-order valence-electron chi connectivity index (χ3n) is 8.48. The van der Waals surface area contributed by atoms with Gasteiger partial charge in [-0.1, -0.05) is 58.6 Å². The first-order valence-corrected chi connectivity index (χ1v) is 11.6. The fraction of sp³-hybridized carbons (Fsp3) is 0.920. The van der Waals surface area contributed by atoms with Gasteiger partial charge >= 0.3 is 0 Å². The van der Waals surface area contributed by atoms with Gasteiger partial charge in [-0.25, -0.2) is 0 Å². The van der Waals surface area contributed by atoms with Crippen LogP contribution in [0.2, 0.25) is 0 Å². The summed E-state index contributed by atoms with van der Waals surface area (Å²) in [7, 11) is 0. The van der Waals surface area contributed by atoms with Crippen LogP contribution in [-0.4, -0.2) is 0 Å². The summed E-state index contributed by atoms with van der Waals surface area (Å²) in [5.41, 5.74) is 3.76. The number of hydrogen-bond acceptors (Lipinski definition) is 0. The lowest BCUT2D eigenvalue weighted by Crippen LogP contribution is -2.38. The quantitative estimate of drug-likeness (QED) is 0.430. The molecule has 0 spiro atoms. The minimum atomic E-state index is 0.821. The van der Waals surface area contributed by atoms with Crippen LogP contribution < -0.4 is 0 Å². The summed E-state index contributed by atoms with van der Waals surface area (Å²) in [5.74, 6) is 7.64. The van der Waals surface area contributed by atoms with Gasteiger partial charge in [0.1, 0.15) is 0 Å². The van der Waals surface area contributed by atoms with Crippen LogP contribution in [0.25, 0.3) is 0 Å². The predicted octanol–water partition coefficient (Wildman–Crippen LogP) is 7.88. The van der Waals surface area contributed by atoms with Crippen LogP contribution in [0.5, 0.6) is 0 Å². The highest BCUT2D eigenvalue weighted by Crippen LogP contribution is 2.56. The summed E-state index contributed by atoms with van der Waals surface area (Å²) in [6.45, 7) is 14.9. The first-order valence-electron chi connectivity index (χ1n) is 11.6. The van der Waals surface area contributed by atoms with E-state index in [9.17, 15) is 0 Å². The molecule has 0 aromatic heterocycles. The van der Waals surface area contributed by atoms with E-state index in [0.29, 0.717) is 0 Å². The molecule has 0 amide bonds. The average molecular weight is 345 g/mol. The van der Waals surface area contributed by atoms with Crippen molar-refractivity contribution in [3.63, 3.8) is 0 Å². The van der Waals surface area contributed by atoms with E-state index in [0.717, 1.165) is 47.3 Å². The van der Waals surface area contributed by atoms with Crippen LogP contribution in [0.4, 0.5) is 0 Å². The monoisotopic (exact) mass is 344 g/mol. The van der Waals surface area contributed by atoms with Crippen LogP contribution in [0, 0.1) is 47.3 Å². The van der Waals surface area contributed by atoms with Gasteiger partial charge < -0.3 is 0 Å². The molecule has 0 N–H and O–H groups in total. The fourth-order valence-electron chi connectivity index (χ4n) is 7.32. The highest BCUT2D eigenvalue weighted by Gasteiger charge is 2.47. The smallest absolute Gasteiger partial charge is 0.0141 e. The van der Waals surface area contributed by atoms with Gasteiger partial charge in [-0.3, -0.25) is 0 Å². The summed E-state index contributed by atoms with van der Waals surface area (Å²) in [6.07, 6.45) is 13.2. The Morgan fingerprint density at radius 3 is 2.28 bits per heavy atom. The van der Waals surface area contributed by atoms with Gasteiger partial charge in [0, 0.05) is 0 Å². The zero-order valence-electron chi connectivity index (χ0n) is 18.0. The lowest BCUT2D eigenvalue weighted by atomic mass is 9.58. The molecule has 0 heterocycles. The van der Waals surface area contributed by atoms with Gasteiger partial charge in [0.05, 0.1) is 0 Å². The normalized spacial score (nSPS) is 37.8. The second kappa shape index (κ2) is 8.18. The maximum absolute atomic E-state index is 2.56. The van der Waals surface area contributed by atoms with E-state index in [1.807, 2.05) is 11.1 Å². The number of allylic oxidation sites excluding steroid dienone is 2. The Labute approximate surface area is 158 Å². The molecule has 3 aliphatic carbocycles. The molecule has 0 aromatic rings. The summed E-state index contributed by atoms with van der Waals surface area (Å²) in [4.78, 5) is 0. The molecule has 0 aromatic carbocycles. The molecule has 0 saturated heterocycles. The van der Waals surface area contributed by atoms with Gasteiger partial charge in [0.25, 0.3) is 0 Å². The third kappa shape index (κ3) is 4.03. The molecule has 0 aliphatic heterocycles. The highest BCUT2D eigenvalue weighted by atomic mass is 14.5. The van der Waals surface area contributed by atoms with E-state index in [1.54, 1.807) is 6.42 Å². The summed E-state index contributed by atoms with van der Waals surface area (Å²) >= 11 is 0. The van der Waals surface area contributed by atoms with Crippen molar-refractivity contribution in [1.82, 2.24) is 0 Å². The number of rotatable bonds is 6. The van der Waals surface area contributed by atoms with Crippen molar-refractivity contribution < 1.29 is 0 Å². The molecular formula is C25H44. The molecule has 7 atom stereocenters. The molecule has 2 fully saturated rings. The topological polar surface area (TPSA) is 0 Å². The second-order valence-electron chi connectivity index (χ2n) is 10.5. The maximum atomic E-state index is 2.56. The Kier molecular flexibility index (Phi) is 6.38. The average Bonchev–Trinajstić information content (AvgIpc) is 2.95. The van der Waals surface area contributed by atoms with Crippen molar-refractivity contribution in [3.05, 3.63) is 11.1 Å². The summed E-state index contributed by atoms with van der Waals surface area (Å²) in [5, 5.41) is 0. The molecule has 0 nitrogen and oxygen atoms in total.